The molecule has 3 aromatic rings. The highest BCUT2D eigenvalue weighted by molar-refractivity contribution is 5.92. The van der Waals surface area contributed by atoms with Crippen molar-refractivity contribution in [3.05, 3.63) is 82.3 Å². The number of carbonyl (C=O) groups is 1. The van der Waals surface area contributed by atoms with Crippen LogP contribution in [0.4, 0.5) is 0 Å². The molecule has 0 saturated carbocycles. The van der Waals surface area contributed by atoms with E-state index in [4.69, 9.17) is 0 Å². The molecule has 4 heteroatoms. The Morgan fingerprint density at radius 2 is 1.67 bits per heavy atom. The van der Waals surface area contributed by atoms with Crippen molar-refractivity contribution in [1.82, 2.24) is 4.57 Å². The van der Waals surface area contributed by atoms with Crippen LogP contribution in [0.2, 0.25) is 0 Å². The fourth-order valence-corrected chi connectivity index (χ4v) is 2.40. The third-order valence-electron chi connectivity index (χ3n) is 3.42. The van der Waals surface area contributed by atoms with E-state index in [0.717, 1.165) is 5.56 Å². The fourth-order valence-electron chi connectivity index (χ4n) is 2.40. The van der Waals surface area contributed by atoms with E-state index in [1.165, 1.54) is 4.57 Å². The van der Waals surface area contributed by atoms with Gasteiger partial charge in [-0.2, -0.15) is 0 Å². The average Bonchev–Trinajstić information content (AvgIpc) is 2.51. The first-order valence-corrected chi connectivity index (χ1v) is 6.56. The van der Waals surface area contributed by atoms with E-state index in [-0.39, 0.29) is 17.8 Å². The van der Waals surface area contributed by atoms with E-state index in [2.05, 4.69) is 0 Å². The molecular weight excluding hydrogens is 266 g/mol. The summed E-state index contributed by atoms with van der Waals surface area (Å²) in [5, 5.41) is 10.5. The lowest BCUT2D eigenvalue weighted by Crippen LogP contribution is -2.26. The molecule has 0 aliphatic carbocycles. The van der Waals surface area contributed by atoms with E-state index in [9.17, 15) is 14.7 Å². The maximum absolute atomic E-state index is 12.6. The largest absolute Gasteiger partial charge is 0.477 e. The Kier molecular flexibility index (Phi) is 3.28. The summed E-state index contributed by atoms with van der Waals surface area (Å²) >= 11 is 0. The van der Waals surface area contributed by atoms with Gasteiger partial charge in [-0.05, 0) is 23.1 Å². The summed E-state index contributed by atoms with van der Waals surface area (Å²) < 4.78 is 1.31. The number of aromatic carboxylic acids is 1. The molecule has 3 rings (SSSR count). The van der Waals surface area contributed by atoms with Crippen molar-refractivity contribution in [3.8, 4) is 0 Å². The van der Waals surface area contributed by atoms with Crippen LogP contribution in [0.3, 0.4) is 0 Å². The minimum atomic E-state index is -1.10. The molecule has 0 radical (unpaired) electrons. The van der Waals surface area contributed by atoms with E-state index in [1.54, 1.807) is 30.3 Å². The van der Waals surface area contributed by atoms with Gasteiger partial charge in [-0.15, -0.1) is 0 Å². The van der Waals surface area contributed by atoms with Crippen molar-refractivity contribution in [2.45, 2.75) is 6.54 Å². The van der Waals surface area contributed by atoms with Crippen LogP contribution in [-0.2, 0) is 6.54 Å². The molecule has 1 aromatic heterocycles. The normalized spacial score (nSPS) is 10.7. The zero-order valence-electron chi connectivity index (χ0n) is 11.2. The smallest absolute Gasteiger partial charge is 0.352 e. The maximum atomic E-state index is 12.6. The molecule has 21 heavy (non-hydrogen) atoms. The second kappa shape index (κ2) is 5.25. The van der Waals surface area contributed by atoms with Gasteiger partial charge in [-0.1, -0.05) is 48.5 Å². The zero-order chi connectivity index (χ0) is 14.8. The third kappa shape index (κ3) is 2.43. The molecule has 1 heterocycles. The van der Waals surface area contributed by atoms with Gasteiger partial charge in [-0.25, -0.2) is 4.79 Å². The van der Waals surface area contributed by atoms with Gasteiger partial charge in [0, 0.05) is 5.39 Å². The standard InChI is InChI=1S/C17H13NO3/c19-16-14-9-5-4-8-13(14)10-15(17(20)21)18(16)11-12-6-2-1-3-7-12/h1-10H,11H2,(H,20,21). The molecular formula is C17H13NO3. The molecule has 0 unspecified atom stereocenters. The minimum Gasteiger partial charge on any atom is -0.477 e. The highest BCUT2D eigenvalue weighted by Gasteiger charge is 2.14. The Labute approximate surface area is 120 Å². The number of fused-ring (bicyclic) bond motifs is 1. The SMILES string of the molecule is O=C(O)c1cc2ccccc2c(=O)n1Cc1ccccc1. The van der Waals surface area contributed by atoms with Gasteiger partial charge in [0.2, 0.25) is 0 Å². The van der Waals surface area contributed by atoms with Crippen molar-refractivity contribution in [1.29, 1.82) is 0 Å². The van der Waals surface area contributed by atoms with Crippen LogP contribution >= 0.6 is 0 Å². The summed E-state index contributed by atoms with van der Waals surface area (Å²) in [5.41, 5.74) is 0.606. The highest BCUT2D eigenvalue weighted by Crippen LogP contribution is 2.13. The molecule has 0 saturated heterocycles. The van der Waals surface area contributed by atoms with Crippen LogP contribution < -0.4 is 5.56 Å². The molecule has 104 valence electrons. The predicted molar refractivity (Wildman–Crippen MR) is 80.7 cm³/mol. The lowest BCUT2D eigenvalue weighted by molar-refractivity contribution is 0.0684. The summed E-state index contributed by atoms with van der Waals surface area (Å²) in [6.07, 6.45) is 0. The average molecular weight is 279 g/mol. The highest BCUT2D eigenvalue weighted by atomic mass is 16.4. The number of pyridine rings is 1. The lowest BCUT2D eigenvalue weighted by Gasteiger charge is -2.11. The number of hydrogen-bond acceptors (Lipinski definition) is 2. The Hall–Kier alpha value is -2.88. The Morgan fingerprint density at radius 3 is 2.38 bits per heavy atom. The van der Waals surface area contributed by atoms with Gasteiger partial charge >= 0.3 is 5.97 Å². The van der Waals surface area contributed by atoms with E-state index < -0.39 is 5.97 Å². The van der Waals surface area contributed by atoms with E-state index in [1.807, 2.05) is 30.3 Å². The van der Waals surface area contributed by atoms with Crippen molar-refractivity contribution in [2.75, 3.05) is 0 Å². The monoisotopic (exact) mass is 279 g/mol. The van der Waals surface area contributed by atoms with Crippen LogP contribution in [0, 0.1) is 0 Å². The second-order valence-corrected chi connectivity index (χ2v) is 4.80. The van der Waals surface area contributed by atoms with Crippen molar-refractivity contribution in [2.24, 2.45) is 0 Å². The van der Waals surface area contributed by atoms with Gasteiger partial charge in [0.1, 0.15) is 5.69 Å². The third-order valence-corrected chi connectivity index (χ3v) is 3.42. The molecule has 0 aliphatic rings. The predicted octanol–water partition coefficient (Wildman–Crippen LogP) is 2.75. The fraction of sp³-hybridized carbons (Fsp3) is 0.0588. The summed E-state index contributed by atoms with van der Waals surface area (Å²) in [6, 6.07) is 17.9. The van der Waals surface area contributed by atoms with Crippen molar-refractivity contribution in [3.63, 3.8) is 0 Å². The van der Waals surface area contributed by atoms with Crippen LogP contribution in [-0.4, -0.2) is 15.6 Å². The molecule has 0 atom stereocenters. The number of carboxylic acid groups (broad SMARTS) is 1. The molecule has 2 aromatic carbocycles. The van der Waals surface area contributed by atoms with Crippen LogP contribution in [0.15, 0.2) is 65.5 Å². The molecule has 0 amide bonds. The Morgan fingerprint density at radius 1 is 1.00 bits per heavy atom. The first-order valence-electron chi connectivity index (χ1n) is 6.56. The minimum absolute atomic E-state index is 0.00236. The summed E-state index contributed by atoms with van der Waals surface area (Å²) in [4.78, 5) is 24.0. The lowest BCUT2D eigenvalue weighted by atomic mass is 10.1. The topological polar surface area (TPSA) is 59.3 Å². The molecule has 0 fully saturated rings. The summed E-state index contributed by atoms with van der Waals surface area (Å²) in [6.45, 7) is 0.242. The van der Waals surface area contributed by atoms with Gasteiger partial charge in [0.05, 0.1) is 6.54 Å². The van der Waals surface area contributed by atoms with Crippen LogP contribution in [0.25, 0.3) is 10.8 Å². The first-order chi connectivity index (χ1) is 10.2. The molecule has 4 nitrogen and oxygen atoms in total. The van der Waals surface area contributed by atoms with Gasteiger partial charge < -0.3 is 5.11 Å². The molecule has 1 N–H and O–H groups in total. The van der Waals surface area contributed by atoms with Gasteiger partial charge in [-0.3, -0.25) is 9.36 Å². The molecule has 0 aliphatic heterocycles. The Balaban J connectivity index is 2.24. The quantitative estimate of drug-likeness (QED) is 0.802. The summed E-state index contributed by atoms with van der Waals surface area (Å²) in [7, 11) is 0. The number of hydrogen-bond donors (Lipinski definition) is 1. The van der Waals surface area contributed by atoms with E-state index >= 15 is 0 Å². The summed E-state index contributed by atoms with van der Waals surface area (Å²) in [5.74, 6) is -1.10. The van der Waals surface area contributed by atoms with Gasteiger partial charge in [0.25, 0.3) is 5.56 Å². The number of nitrogens with zero attached hydrogens (tertiary/aromatic N) is 1. The number of benzene rings is 2. The zero-order valence-corrected chi connectivity index (χ0v) is 11.2. The molecule has 0 spiro atoms. The first kappa shape index (κ1) is 13.1. The number of rotatable bonds is 3. The van der Waals surface area contributed by atoms with E-state index in [0.29, 0.717) is 10.8 Å². The number of aromatic nitrogens is 1. The number of carboxylic acids is 1. The van der Waals surface area contributed by atoms with Crippen molar-refractivity contribution < 1.29 is 9.90 Å². The Bertz CT molecular complexity index is 866. The molecule has 0 bridgehead atoms. The van der Waals surface area contributed by atoms with Gasteiger partial charge in [0.15, 0.2) is 0 Å². The van der Waals surface area contributed by atoms with Crippen molar-refractivity contribution >= 4 is 16.7 Å². The van der Waals surface area contributed by atoms with Crippen LogP contribution in [0.5, 0.6) is 0 Å². The second-order valence-electron chi connectivity index (χ2n) is 4.80. The maximum Gasteiger partial charge on any atom is 0.352 e. The van der Waals surface area contributed by atoms with Crippen LogP contribution in [0.1, 0.15) is 16.1 Å².